The van der Waals surface area contributed by atoms with E-state index in [0.717, 1.165) is 28.0 Å². The van der Waals surface area contributed by atoms with E-state index in [1.807, 2.05) is 62.4 Å². The highest BCUT2D eigenvalue weighted by atomic mass is 16.2. The normalized spacial score (nSPS) is 22.6. The molecule has 1 heterocycles. The lowest BCUT2D eigenvalue weighted by atomic mass is 9.73. The van der Waals surface area contributed by atoms with Crippen LogP contribution in [0.2, 0.25) is 0 Å². The minimum atomic E-state index is -0.150. The van der Waals surface area contributed by atoms with Crippen LogP contribution in [0.1, 0.15) is 47.8 Å². The number of hydrogen-bond donors (Lipinski definition) is 0. The van der Waals surface area contributed by atoms with Crippen LogP contribution in [0.25, 0.3) is 0 Å². The Bertz CT molecular complexity index is 946. The van der Waals surface area contributed by atoms with Gasteiger partial charge in [0.15, 0.2) is 5.78 Å². The Morgan fingerprint density at radius 1 is 0.893 bits per heavy atom. The molecule has 0 saturated heterocycles. The van der Waals surface area contributed by atoms with Crippen molar-refractivity contribution in [1.82, 2.24) is 10.0 Å². The van der Waals surface area contributed by atoms with Gasteiger partial charge in [-0.15, -0.1) is 0 Å². The van der Waals surface area contributed by atoms with E-state index >= 15 is 0 Å². The number of allylic oxidation sites excluding steroid dienone is 2. The smallest absolute Gasteiger partial charge is 0.242 e. The highest BCUT2D eigenvalue weighted by Gasteiger charge is 2.42. The molecular formula is C24H26N2O2. The van der Waals surface area contributed by atoms with E-state index in [9.17, 15) is 9.59 Å². The molecule has 4 rings (SSSR count). The Kier molecular flexibility index (Phi) is 4.90. The molecule has 1 aliphatic carbocycles. The first-order valence-corrected chi connectivity index (χ1v) is 9.83. The SMILES string of the molecule is Cc1cccc([C@H]2CC(=O)N(N(C)C)C3=C2C(=O)C[C@H](c2ccccc2)C3)c1. The van der Waals surface area contributed by atoms with E-state index in [0.29, 0.717) is 19.3 Å². The molecule has 0 N–H and O–H groups in total. The fourth-order valence-corrected chi connectivity index (χ4v) is 4.62. The van der Waals surface area contributed by atoms with Gasteiger partial charge in [0.1, 0.15) is 0 Å². The number of amides is 1. The highest BCUT2D eigenvalue weighted by Crippen LogP contribution is 2.45. The first-order chi connectivity index (χ1) is 13.5. The van der Waals surface area contributed by atoms with E-state index in [2.05, 4.69) is 18.2 Å². The van der Waals surface area contributed by atoms with Gasteiger partial charge in [0.05, 0.1) is 0 Å². The predicted octanol–water partition coefficient (Wildman–Crippen LogP) is 4.19. The molecule has 0 unspecified atom stereocenters. The van der Waals surface area contributed by atoms with Crippen molar-refractivity contribution in [2.45, 2.75) is 38.0 Å². The lowest BCUT2D eigenvalue weighted by molar-refractivity contribution is -0.143. The number of nitrogens with zero attached hydrogens (tertiary/aromatic N) is 2. The zero-order valence-electron chi connectivity index (χ0n) is 16.7. The average molecular weight is 374 g/mol. The van der Waals surface area contributed by atoms with Crippen LogP contribution in [0.4, 0.5) is 0 Å². The number of rotatable bonds is 3. The van der Waals surface area contributed by atoms with Gasteiger partial charge in [0.25, 0.3) is 0 Å². The number of benzene rings is 2. The van der Waals surface area contributed by atoms with Crippen molar-refractivity contribution in [3.8, 4) is 0 Å². The third kappa shape index (κ3) is 3.29. The minimum Gasteiger partial charge on any atom is -0.294 e. The number of hydrogen-bond acceptors (Lipinski definition) is 3. The lowest BCUT2D eigenvalue weighted by Crippen LogP contribution is -2.47. The van der Waals surface area contributed by atoms with Gasteiger partial charge in [-0.25, -0.2) is 10.0 Å². The monoisotopic (exact) mass is 374 g/mol. The molecule has 1 amide bonds. The van der Waals surface area contributed by atoms with Gasteiger partial charge in [-0.3, -0.25) is 9.59 Å². The van der Waals surface area contributed by atoms with Crippen molar-refractivity contribution in [3.05, 3.63) is 82.6 Å². The fraction of sp³-hybridized carbons (Fsp3) is 0.333. The minimum absolute atomic E-state index is 0.0526. The molecule has 0 radical (unpaired) electrons. The van der Waals surface area contributed by atoms with Crippen LogP contribution in [-0.2, 0) is 9.59 Å². The Labute approximate surface area is 166 Å². The fourth-order valence-electron chi connectivity index (χ4n) is 4.62. The summed E-state index contributed by atoms with van der Waals surface area (Å²) < 4.78 is 0. The predicted molar refractivity (Wildman–Crippen MR) is 110 cm³/mol. The molecule has 0 bridgehead atoms. The maximum atomic E-state index is 13.3. The van der Waals surface area contributed by atoms with Crippen LogP contribution < -0.4 is 0 Å². The summed E-state index contributed by atoms with van der Waals surface area (Å²) in [5.74, 6) is 0.180. The van der Waals surface area contributed by atoms with E-state index in [-0.39, 0.29) is 23.5 Å². The molecule has 2 aromatic rings. The topological polar surface area (TPSA) is 40.6 Å². The van der Waals surface area contributed by atoms with Crippen LogP contribution in [-0.4, -0.2) is 35.8 Å². The van der Waals surface area contributed by atoms with Crippen molar-refractivity contribution in [2.24, 2.45) is 0 Å². The Morgan fingerprint density at radius 3 is 2.29 bits per heavy atom. The van der Waals surface area contributed by atoms with Gasteiger partial charge in [-0.1, -0.05) is 60.2 Å². The summed E-state index contributed by atoms with van der Waals surface area (Å²) in [5.41, 5.74) is 5.06. The number of ketones is 1. The third-order valence-corrected chi connectivity index (χ3v) is 5.82. The zero-order chi connectivity index (χ0) is 19.8. The van der Waals surface area contributed by atoms with Gasteiger partial charge in [0, 0.05) is 44.1 Å². The summed E-state index contributed by atoms with van der Waals surface area (Å²) >= 11 is 0. The van der Waals surface area contributed by atoms with Crippen molar-refractivity contribution in [1.29, 1.82) is 0 Å². The van der Waals surface area contributed by atoms with E-state index in [1.54, 1.807) is 5.01 Å². The van der Waals surface area contributed by atoms with Crippen LogP contribution in [0.3, 0.4) is 0 Å². The number of Topliss-reactive ketones (excluding diaryl/α,β-unsaturated/α-hetero) is 1. The molecule has 4 nitrogen and oxygen atoms in total. The van der Waals surface area contributed by atoms with Gasteiger partial charge in [-0.05, 0) is 30.4 Å². The standard InChI is InChI=1S/C24H26N2O2/c1-16-8-7-11-18(12-16)20-15-23(28)26(25(2)3)21-13-19(14-22(27)24(20)21)17-9-5-4-6-10-17/h4-12,19-20H,13-15H2,1-3H3/t19-,20-/m1/s1. The molecule has 144 valence electrons. The first-order valence-electron chi connectivity index (χ1n) is 9.83. The van der Waals surface area contributed by atoms with Gasteiger partial charge in [0.2, 0.25) is 5.91 Å². The maximum Gasteiger partial charge on any atom is 0.242 e. The second-order valence-corrected chi connectivity index (χ2v) is 8.02. The van der Waals surface area contributed by atoms with Crippen molar-refractivity contribution in [3.63, 3.8) is 0 Å². The van der Waals surface area contributed by atoms with Crippen LogP contribution in [0.15, 0.2) is 65.9 Å². The van der Waals surface area contributed by atoms with Crippen molar-refractivity contribution in [2.75, 3.05) is 14.1 Å². The Morgan fingerprint density at radius 2 is 1.61 bits per heavy atom. The molecule has 0 aromatic heterocycles. The molecule has 0 spiro atoms. The van der Waals surface area contributed by atoms with Crippen LogP contribution in [0, 0.1) is 6.92 Å². The molecule has 2 aromatic carbocycles. The third-order valence-electron chi connectivity index (χ3n) is 5.82. The second kappa shape index (κ2) is 7.36. The summed E-state index contributed by atoms with van der Waals surface area (Å²) in [7, 11) is 3.73. The number of carbonyl (C=O) groups excluding carboxylic acids is 2. The molecule has 2 atom stereocenters. The summed E-state index contributed by atoms with van der Waals surface area (Å²) in [6.45, 7) is 2.05. The molecule has 28 heavy (non-hydrogen) atoms. The Hall–Kier alpha value is -2.72. The van der Waals surface area contributed by atoms with Gasteiger partial charge < -0.3 is 0 Å². The summed E-state index contributed by atoms with van der Waals surface area (Å²) in [5, 5.41) is 3.53. The van der Waals surface area contributed by atoms with E-state index in [1.165, 1.54) is 0 Å². The lowest BCUT2D eigenvalue weighted by Gasteiger charge is -2.42. The quantitative estimate of drug-likeness (QED) is 0.809. The van der Waals surface area contributed by atoms with Crippen LogP contribution in [0.5, 0.6) is 0 Å². The second-order valence-electron chi connectivity index (χ2n) is 8.02. The molecular weight excluding hydrogens is 348 g/mol. The molecule has 4 heteroatoms. The first kappa shape index (κ1) is 18.6. The summed E-state index contributed by atoms with van der Waals surface area (Å²) in [6, 6.07) is 18.4. The molecule has 0 saturated carbocycles. The van der Waals surface area contributed by atoms with E-state index in [4.69, 9.17) is 0 Å². The maximum absolute atomic E-state index is 13.3. The highest BCUT2D eigenvalue weighted by molar-refractivity contribution is 6.02. The van der Waals surface area contributed by atoms with Crippen molar-refractivity contribution < 1.29 is 9.59 Å². The van der Waals surface area contributed by atoms with Crippen LogP contribution >= 0.6 is 0 Å². The van der Waals surface area contributed by atoms with Gasteiger partial charge in [-0.2, -0.15) is 0 Å². The average Bonchev–Trinajstić information content (AvgIpc) is 2.67. The molecule has 1 aliphatic heterocycles. The largest absolute Gasteiger partial charge is 0.294 e. The molecule has 0 fully saturated rings. The van der Waals surface area contributed by atoms with E-state index < -0.39 is 0 Å². The van der Waals surface area contributed by atoms with Gasteiger partial charge >= 0.3 is 0 Å². The number of hydrazine groups is 1. The summed E-state index contributed by atoms with van der Waals surface area (Å²) in [4.78, 5) is 26.4. The number of aryl methyl sites for hydroxylation is 1. The molecule has 2 aliphatic rings. The Balaban J connectivity index is 1.82. The number of carbonyl (C=O) groups is 2. The van der Waals surface area contributed by atoms with Crippen molar-refractivity contribution >= 4 is 11.7 Å². The summed E-state index contributed by atoms with van der Waals surface area (Å²) in [6.07, 6.45) is 1.54. The zero-order valence-corrected chi connectivity index (χ0v) is 16.7.